The van der Waals surface area contributed by atoms with Gasteiger partial charge in [-0.2, -0.15) is 5.10 Å². The lowest BCUT2D eigenvalue weighted by Crippen LogP contribution is -2.45. The Morgan fingerprint density at radius 3 is 2.97 bits per heavy atom. The van der Waals surface area contributed by atoms with Crippen LogP contribution in [0.1, 0.15) is 31.1 Å². The second kappa shape index (κ2) is 9.10. The maximum atomic E-state index is 13.9. The van der Waals surface area contributed by atoms with E-state index in [9.17, 15) is 4.39 Å². The minimum atomic E-state index is -0.641. The summed E-state index contributed by atoms with van der Waals surface area (Å²) >= 11 is 12.4. The quantitative estimate of drug-likeness (QED) is 0.504. The number of nitrogens with two attached hydrogens (primary N) is 1. The van der Waals surface area contributed by atoms with E-state index in [0.29, 0.717) is 28.3 Å². The largest absolute Gasteiger partial charge is 0.482 e. The molecular weight excluding hydrogens is 468 g/mol. The van der Waals surface area contributed by atoms with Gasteiger partial charge in [-0.3, -0.25) is 4.68 Å². The zero-order valence-corrected chi connectivity index (χ0v) is 19.5. The average Bonchev–Trinajstić information content (AvgIpc) is 3.47. The Balaban J connectivity index is 1.36. The first kappa shape index (κ1) is 22.4. The van der Waals surface area contributed by atoms with Crippen LogP contribution in [0.5, 0.6) is 5.75 Å². The van der Waals surface area contributed by atoms with Gasteiger partial charge in [0.05, 0.1) is 30.5 Å². The fourth-order valence-electron chi connectivity index (χ4n) is 4.54. The van der Waals surface area contributed by atoms with Gasteiger partial charge in [-0.25, -0.2) is 9.37 Å². The molecule has 3 N–H and O–H groups in total. The number of nitrogen functional groups attached to an aromatic ring is 1. The van der Waals surface area contributed by atoms with E-state index in [0.717, 1.165) is 37.3 Å². The summed E-state index contributed by atoms with van der Waals surface area (Å²) in [5.74, 6) is 0.517. The second-order valence-corrected chi connectivity index (χ2v) is 9.32. The van der Waals surface area contributed by atoms with Crippen molar-refractivity contribution in [3.05, 3.63) is 58.2 Å². The molecule has 2 aliphatic heterocycles. The van der Waals surface area contributed by atoms with E-state index < -0.39 is 11.9 Å². The van der Waals surface area contributed by atoms with Crippen molar-refractivity contribution in [2.75, 3.05) is 25.5 Å². The highest BCUT2D eigenvalue weighted by atomic mass is 35.5. The molecule has 2 aromatic heterocycles. The monoisotopic (exact) mass is 491 g/mol. The van der Waals surface area contributed by atoms with Crippen LogP contribution >= 0.6 is 23.2 Å². The van der Waals surface area contributed by atoms with Crippen LogP contribution in [0, 0.1) is 11.7 Å². The Hall–Kier alpha value is -2.39. The first-order valence-corrected chi connectivity index (χ1v) is 11.6. The lowest BCUT2D eigenvalue weighted by atomic mass is 9.91. The van der Waals surface area contributed by atoms with Crippen LogP contribution in [0.15, 0.2) is 36.8 Å². The lowest BCUT2D eigenvalue weighted by Gasteiger charge is -2.31. The Kier molecular flexibility index (Phi) is 6.18. The average molecular weight is 492 g/mol. The molecule has 7 nitrogen and oxygen atoms in total. The number of anilines is 1. The van der Waals surface area contributed by atoms with E-state index in [1.54, 1.807) is 25.4 Å². The molecule has 4 heterocycles. The number of hydrogen-bond donors (Lipinski definition) is 2. The van der Waals surface area contributed by atoms with Crippen molar-refractivity contribution in [1.82, 2.24) is 20.1 Å². The molecule has 174 valence electrons. The Morgan fingerprint density at radius 1 is 1.27 bits per heavy atom. The molecule has 4 atom stereocenters. The first-order chi connectivity index (χ1) is 15.9. The SMILES string of the molecule is C[C@@H](Oc1cc(-c2cnn(C3CNC4COCC4C3)c2)cnc1N)c1c(Cl)ccc(F)c1Cl. The Labute approximate surface area is 201 Å². The van der Waals surface area contributed by atoms with Crippen LogP contribution in [-0.4, -0.2) is 40.6 Å². The highest BCUT2D eigenvalue weighted by molar-refractivity contribution is 6.36. The van der Waals surface area contributed by atoms with Crippen molar-refractivity contribution < 1.29 is 13.9 Å². The number of hydrogen-bond acceptors (Lipinski definition) is 6. The van der Waals surface area contributed by atoms with E-state index in [1.807, 2.05) is 10.9 Å². The summed E-state index contributed by atoms with van der Waals surface area (Å²) in [6.07, 6.45) is 5.87. The number of nitrogens with one attached hydrogen (secondary N) is 1. The summed E-state index contributed by atoms with van der Waals surface area (Å²) in [6, 6.07) is 5.17. The third kappa shape index (κ3) is 4.40. The number of piperidine rings is 1. The van der Waals surface area contributed by atoms with E-state index >= 15 is 0 Å². The molecule has 2 fully saturated rings. The van der Waals surface area contributed by atoms with Crippen molar-refractivity contribution in [3.8, 4) is 16.9 Å². The van der Waals surface area contributed by atoms with Crippen molar-refractivity contribution >= 4 is 29.0 Å². The van der Waals surface area contributed by atoms with Gasteiger partial charge in [0.2, 0.25) is 0 Å². The summed E-state index contributed by atoms with van der Waals surface area (Å²) in [5.41, 5.74) is 8.11. The number of nitrogens with zero attached hydrogens (tertiary/aromatic N) is 3. The Morgan fingerprint density at radius 2 is 2.12 bits per heavy atom. The van der Waals surface area contributed by atoms with E-state index in [4.69, 9.17) is 38.4 Å². The maximum Gasteiger partial charge on any atom is 0.166 e. The minimum absolute atomic E-state index is 0.0741. The zero-order chi connectivity index (χ0) is 23.1. The van der Waals surface area contributed by atoms with Gasteiger partial charge in [0.1, 0.15) is 11.9 Å². The molecule has 0 spiro atoms. The molecule has 2 aliphatic rings. The van der Waals surface area contributed by atoms with Crippen LogP contribution < -0.4 is 15.8 Å². The molecule has 0 bridgehead atoms. The number of fused-ring (bicyclic) bond motifs is 1. The molecule has 0 saturated carbocycles. The summed E-state index contributed by atoms with van der Waals surface area (Å²) in [5, 5.41) is 8.39. The molecule has 2 saturated heterocycles. The molecule has 0 aliphatic carbocycles. The number of halogens is 3. The molecule has 0 amide bonds. The van der Waals surface area contributed by atoms with Crippen LogP contribution in [0.4, 0.5) is 10.2 Å². The minimum Gasteiger partial charge on any atom is -0.482 e. The number of rotatable bonds is 5. The third-order valence-electron chi connectivity index (χ3n) is 6.37. The smallest absolute Gasteiger partial charge is 0.166 e. The van der Waals surface area contributed by atoms with Crippen molar-refractivity contribution in [1.29, 1.82) is 0 Å². The predicted octanol–water partition coefficient (Wildman–Crippen LogP) is 4.66. The van der Waals surface area contributed by atoms with Gasteiger partial charge in [0.15, 0.2) is 11.6 Å². The number of aromatic nitrogens is 3. The van der Waals surface area contributed by atoms with Crippen LogP contribution in [0.3, 0.4) is 0 Å². The molecule has 33 heavy (non-hydrogen) atoms. The molecule has 10 heteroatoms. The highest BCUT2D eigenvalue weighted by Crippen LogP contribution is 2.37. The molecule has 1 aromatic carbocycles. The molecule has 0 radical (unpaired) electrons. The molecule has 3 unspecified atom stereocenters. The lowest BCUT2D eigenvalue weighted by molar-refractivity contribution is 0.181. The number of ether oxygens (including phenoxy) is 2. The third-order valence-corrected chi connectivity index (χ3v) is 7.08. The van der Waals surface area contributed by atoms with Crippen molar-refractivity contribution in [3.63, 3.8) is 0 Å². The van der Waals surface area contributed by atoms with Gasteiger partial charge in [-0.15, -0.1) is 0 Å². The summed E-state index contributed by atoms with van der Waals surface area (Å²) in [6.45, 7) is 4.16. The number of benzene rings is 1. The fraction of sp³-hybridized carbons (Fsp3) is 0.391. The van der Waals surface area contributed by atoms with Gasteiger partial charge < -0.3 is 20.5 Å². The summed E-state index contributed by atoms with van der Waals surface area (Å²) < 4.78 is 27.5. The summed E-state index contributed by atoms with van der Waals surface area (Å²) in [4.78, 5) is 4.28. The first-order valence-electron chi connectivity index (χ1n) is 10.8. The number of pyridine rings is 1. The molecule has 3 aromatic rings. The zero-order valence-electron chi connectivity index (χ0n) is 18.0. The van der Waals surface area contributed by atoms with Gasteiger partial charge in [-0.05, 0) is 31.5 Å². The Bertz CT molecular complexity index is 1170. The van der Waals surface area contributed by atoms with Gasteiger partial charge in [0, 0.05) is 52.6 Å². The van der Waals surface area contributed by atoms with E-state index in [2.05, 4.69) is 15.4 Å². The second-order valence-electron chi connectivity index (χ2n) is 8.54. The van der Waals surface area contributed by atoms with E-state index in [-0.39, 0.29) is 16.9 Å². The highest BCUT2D eigenvalue weighted by Gasteiger charge is 2.35. The van der Waals surface area contributed by atoms with Gasteiger partial charge >= 0.3 is 0 Å². The van der Waals surface area contributed by atoms with E-state index in [1.165, 1.54) is 12.1 Å². The predicted molar refractivity (Wildman–Crippen MR) is 125 cm³/mol. The van der Waals surface area contributed by atoms with Crippen LogP contribution in [-0.2, 0) is 4.74 Å². The van der Waals surface area contributed by atoms with Gasteiger partial charge in [0.25, 0.3) is 0 Å². The van der Waals surface area contributed by atoms with Crippen LogP contribution in [0.2, 0.25) is 10.0 Å². The topological polar surface area (TPSA) is 87.2 Å². The van der Waals surface area contributed by atoms with Crippen LogP contribution in [0.25, 0.3) is 11.1 Å². The standard InChI is InChI=1S/C23H24Cl2FN5O2/c1-12(21-17(24)2-3-18(26)22(21)25)33-20-5-13(6-29-23(20)27)15-7-30-31(9-15)16-4-14-10-32-11-19(14)28-8-16/h2-3,5-7,9,12,14,16,19,28H,4,8,10-11H2,1H3,(H2,27,29)/t12-,14?,16?,19?/m1/s1. The molecular formula is C23H24Cl2FN5O2. The van der Waals surface area contributed by atoms with Crippen molar-refractivity contribution in [2.24, 2.45) is 5.92 Å². The van der Waals surface area contributed by atoms with Crippen molar-refractivity contribution in [2.45, 2.75) is 31.5 Å². The molecule has 5 rings (SSSR count). The van der Waals surface area contributed by atoms with Gasteiger partial charge in [-0.1, -0.05) is 23.2 Å². The maximum absolute atomic E-state index is 13.9. The summed E-state index contributed by atoms with van der Waals surface area (Å²) in [7, 11) is 0. The fourth-order valence-corrected chi connectivity index (χ4v) is 5.22. The normalized spacial score (nSPS) is 23.3.